The normalized spacial score (nSPS) is 12.1. The van der Waals surface area contributed by atoms with E-state index in [4.69, 9.17) is 4.74 Å². The lowest BCUT2D eigenvalue weighted by molar-refractivity contribution is 0.125. The first-order valence-electron chi connectivity index (χ1n) is 9.11. The zero-order valence-electron chi connectivity index (χ0n) is 16.1. The number of aromatic nitrogens is 2. The van der Waals surface area contributed by atoms with E-state index in [-0.39, 0.29) is 12.2 Å². The van der Waals surface area contributed by atoms with Crippen LogP contribution in [0, 0.1) is 13.8 Å². The lowest BCUT2D eigenvalue weighted by Gasteiger charge is -2.16. The van der Waals surface area contributed by atoms with E-state index in [1.165, 1.54) is 11.8 Å². The Morgan fingerprint density at radius 3 is 2.64 bits per heavy atom. The average molecular weight is 397 g/mol. The monoisotopic (exact) mass is 396 g/mol. The van der Waals surface area contributed by atoms with Gasteiger partial charge in [-0.15, -0.1) is 6.58 Å². The highest BCUT2D eigenvalue weighted by Gasteiger charge is 2.14. The van der Waals surface area contributed by atoms with Crippen LogP contribution in [-0.2, 0) is 6.54 Å². The minimum atomic E-state index is -0.690. The number of hydrogen-bond donors (Lipinski definition) is 1. The number of hydrogen-bond acceptors (Lipinski definition) is 5. The first-order valence-corrected chi connectivity index (χ1v) is 10.1. The van der Waals surface area contributed by atoms with Crippen LogP contribution in [0.1, 0.15) is 11.1 Å². The smallest absolute Gasteiger partial charge is 0.262 e. The van der Waals surface area contributed by atoms with Crippen molar-refractivity contribution in [2.24, 2.45) is 0 Å². The molecule has 1 aromatic heterocycles. The topological polar surface area (TPSA) is 64.3 Å². The first kappa shape index (κ1) is 20.2. The predicted octanol–water partition coefficient (Wildman–Crippen LogP) is 3.73. The highest BCUT2D eigenvalue weighted by atomic mass is 32.2. The zero-order valence-corrected chi connectivity index (χ0v) is 16.9. The minimum absolute atomic E-state index is 0.103. The van der Waals surface area contributed by atoms with Gasteiger partial charge in [0.05, 0.1) is 17.0 Å². The third kappa shape index (κ3) is 4.46. The molecule has 0 aliphatic heterocycles. The second-order valence-corrected chi connectivity index (χ2v) is 7.60. The van der Waals surface area contributed by atoms with Crippen LogP contribution in [0.25, 0.3) is 10.9 Å². The fourth-order valence-corrected chi connectivity index (χ4v) is 3.89. The largest absolute Gasteiger partial charge is 0.490 e. The molecule has 0 saturated carbocycles. The Kier molecular flexibility index (Phi) is 6.54. The van der Waals surface area contributed by atoms with Gasteiger partial charge >= 0.3 is 0 Å². The number of nitrogens with zero attached hydrogens (tertiary/aromatic N) is 2. The van der Waals surface area contributed by atoms with E-state index in [2.05, 4.69) is 11.6 Å². The van der Waals surface area contributed by atoms with Crippen LogP contribution in [-0.4, -0.2) is 33.1 Å². The number of aliphatic hydroxyl groups is 1. The van der Waals surface area contributed by atoms with Gasteiger partial charge in [-0.1, -0.05) is 48.2 Å². The van der Waals surface area contributed by atoms with Crippen LogP contribution in [0.2, 0.25) is 0 Å². The second-order valence-electron chi connectivity index (χ2n) is 6.61. The van der Waals surface area contributed by atoms with Gasteiger partial charge in [0, 0.05) is 12.3 Å². The third-order valence-electron chi connectivity index (χ3n) is 4.37. The molecule has 0 bridgehead atoms. The van der Waals surface area contributed by atoms with E-state index >= 15 is 0 Å². The van der Waals surface area contributed by atoms with Crippen molar-refractivity contribution in [1.82, 2.24) is 9.55 Å². The predicted molar refractivity (Wildman–Crippen MR) is 114 cm³/mol. The van der Waals surface area contributed by atoms with Crippen LogP contribution in [0.3, 0.4) is 0 Å². The molecule has 0 spiro atoms. The highest BCUT2D eigenvalue weighted by molar-refractivity contribution is 7.99. The molecule has 0 amide bonds. The Morgan fingerprint density at radius 2 is 1.93 bits per heavy atom. The maximum Gasteiger partial charge on any atom is 0.262 e. The standard InChI is InChI=1S/C22H24N2O3S/c1-4-12-24-21(26)18-10-5-6-11-19(18)23-22(24)28-14-17(25)13-27-20-15(2)8-7-9-16(20)3/h4-11,17,25H,1,12-14H2,2-3H3/t17-/m0/s1. The summed E-state index contributed by atoms with van der Waals surface area (Å²) in [5, 5.41) is 11.5. The van der Waals surface area contributed by atoms with Crippen molar-refractivity contribution in [3.05, 3.63) is 76.6 Å². The maximum atomic E-state index is 12.7. The second kappa shape index (κ2) is 9.08. The fraction of sp³-hybridized carbons (Fsp3) is 0.273. The summed E-state index contributed by atoms with van der Waals surface area (Å²) in [7, 11) is 0. The molecule has 3 aromatic rings. The molecule has 1 heterocycles. The number of rotatable bonds is 8. The number of para-hydroxylation sites is 2. The lowest BCUT2D eigenvalue weighted by Crippen LogP contribution is -2.25. The lowest BCUT2D eigenvalue weighted by atomic mass is 10.1. The number of thioether (sulfide) groups is 1. The van der Waals surface area contributed by atoms with Crippen molar-refractivity contribution in [1.29, 1.82) is 0 Å². The number of fused-ring (bicyclic) bond motifs is 1. The van der Waals surface area contributed by atoms with Crippen LogP contribution in [0.5, 0.6) is 5.75 Å². The summed E-state index contributed by atoms with van der Waals surface area (Å²) in [6, 6.07) is 13.2. The Balaban J connectivity index is 1.73. The molecule has 5 nitrogen and oxygen atoms in total. The summed E-state index contributed by atoms with van der Waals surface area (Å²) in [6.45, 7) is 8.24. The summed E-state index contributed by atoms with van der Waals surface area (Å²) >= 11 is 1.34. The highest BCUT2D eigenvalue weighted by Crippen LogP contribution is 2.23. The van der Waals surface area contributed by atoms with Crippen LogP contribution in [0.15, 0.2) is 65.1 Å². The van der Waals surface area contributed by atoms with Gasteiger partial charge in [0.1, 0.15) is 12.4 Å². The number of aliphatic hydroxyl groups excluding tert-OH is 1. The Bertz CT molecular complexity index is 1030. The number of ether oxygens (including phenoxy) is 1. The molecule has 0 fully saturated rings. The Morgan fingerprint density at radius 1 is 1.21 bits per heavy atom. The molecular formula is C22H24N2O3S. The van der Waals surface area contributed by atoms with E-state index in [0.29, 0.717) is 28.4 Å². The number of allylic oxidation sites excluding steroid dienone is 1. The molecule has 1 N–H and O–H groups in total. The fourth-order valence-electron chi connectivity index (χ4n) is 2.97. The van der Waals surface area contributed by atoms with Gasteiger partial charge in [-0.25, -0.2) is 4.98 Å². The van der Waals surface area contributed by atoms with Gasteiger partial charge in [-0.05, 0) is 37.1 Å². The molecular weight excluding hydrogens is 372 g/mol. The van der Waals surface area contributed by atoms with Crippen LogP contribution < -0.4 is 10.3 Å². The molecule has 146 valence electrons. The molecule has 6 heteroatoms. The summed E-state index contributed by atoms with van der Waals surface area (Å²) in [6.07, 6.45) is 0.979. The van der Waals surface area contributed by atoms with E-state index in [1.54, 1.807) is 16.7 Å². The quantitative estimate of drug-likeness (QED) is 0.357. The van der Waals surface area contributed by atoms with Gasteiger partial charge in [0.15, 0.2) is 5.16 Å². The van der Waals surface area contributed by atoms with E-state index in [1.807, 2.05) is 50.2 Å². The SMILES string of the molecule is C=CCn1c(SC[C@@H](O)COc2c(C)cccc2C)nc2ccccc2c1=O. The van der Waals surface area contributed by atoms with Crippen molar-refractivity contribution in [3.8, 4) is 5.75 Å². The van der Waals surface area contributed by atoms with Crippen molar-refractivity contribution >= 4 is 22.7 Å². The summed E-state index contributed by atoms with van der Waals surface area (Å²) in [5.74, 6) is 1.17. The number of benzene rings is 2. The average Bonchev–Trinajstić information content (AvgIpc) is 2.68. The first-order chi connectivity index (χ1) is 13.5. The Labute approximate surface area is 168 Å². The summed E-state index contributed by atoms with van der Waals surface area (Å²) in [5.41, 5.74) is 2.62. The summed E-state index contributed by atoms with van der Waals surface area (Å²) in [4.78, 5) is 17.3. The van der Waals surface area contributed by atoms with E-state index < -0.39 is 6.10 Å². The molecule has 0 aliphatic carbocycles. The van der Waals surface area contributed by atoms with Crippen molar-refractivity contribution in [2.45, 2.75) is 31.7 Å². The molecule has 0 radical (unpaired) electrons. The molecule has 1 atom stereocenters. The maximum absolute atomic E-state index is 12.7. The van der Waals surface area contributed by atoms with Crippen molar-refractivity contribution in [2.75, 3.05) is 12.4 Å². The van der Waals surface area contributed by atoms with Gasteiger partial charge < -0.3 is 9.84 Å². The van der Waals surface area contributed by atoms with Gasteiger partial charge in [-0.3, -0.25) is 9.36 Å². The molecule has 2 aromatic carbocycles. The zero-order chi connectivity index (χ0) is 20.1. The molecule has 3 rings (SSSR count). The van der Waals surface area contributed by atoms with E-state index in [0.717, 1.165) is 16.9 Å². The van der Waals surface area contributed by atoms with E-state index in [9.17, 15) is 9.90 Å². The van der Waals surface area contributed by atoms with Crippen LogP contribution in [0.4, 0.5) is 0 Å². The van der Waals surface area contributed by atoms with Crippen molar-refractivity contribution < 1.29 is 9.84 Å². The van der Waals surface area contributed by atoms with Crippen molar-refractivity contribution in [3.63, 3.8) is 0 Å². The molecule has 0 aliphatic rings. The number of aryl methyl sites for hydroxylation is 2. The molecule has 28 heavy (non-hydrogen) atoms. The minimum Gasteiger partial charge on any atom is -0.490 e. The van der Waals surface area contributed by atoms with Gasteiger partial charge in [-0.2, -0.15) is 0 Å². The molecule has 0 saturated heterocycles. The molecule has 0 unspecified atom stereocenters. The Hall–Kier alpha value is -2.57. The van der Waals surface area contributed by atoms with Gasteiger partial charge in [0.2, 0.25) is 0 Å². The summed E-state index contributed by atoms with van der Waals surface area (Å²) < 4.78 is 7.40. The third-order valence-corrected chi connectivity index (χ3v) is 5.49. The van der Waals surface area contributed by atoms with Gasteiger partial charge in [0.25, 0.3) is 5.56 Å². The van der Waals surface area contributed by atoms with Crippen LogP contribution >= 0.6 is 11.8 Å².